The highest BCUT2D eigenvalue weighted by Crippen LogP contribution is 2.48. The summed E-state index contributed by atoms with van der Waals surface area (Å²) in [6, 6.07) is 18.6. The van der Waals surface area contributed by atoms with Crippen molar-refractivity contribution < 1.29 is 29.7 Å². The topological polar surface area (TPSA) is 47.1 Å². The molecule has 9 nitrogen and oxygen atoms in total. The fourth-order valence-corrected chi connectivity index (χ4v) is 44.0. The third-order valence-electron chi connectivity index (χ3n) is 26.3. The van der Waals surface area contributed by atoms with Crippen LogP contribution in [0.5, 0.6) is 0 Å². The van der Waals surface area contributed by atoms with Gasteiger partial charge in [0.15, 0.2) is 0 Å². The van der Waals surface area contributed by atoms with Crippen LogP contribution in [0.3, 0.4) is 0 Å². The van der Waals surface area contributed by atoms with Gasteiger partial charge in [0.1, 0.15) is 6.23 Å². The monoisotopic (exact) mass is 1670 g/mol. The van der Waals surface area contributed by atoms with E-state index < -0.39 is 66.7 Å². The Labute approximate surface area is 682 Å². The summed E-state index contributed by atoms with van der Waals surface area (Å²) in [7, 11) is -14.3. The lowest BCUT2D eigenvalue weighted by molar-refractivity contribution is -0.0404. The predicted molar refractivity (Wildman–Crippen MR) is 493 cm³/mol. The van der Waals surface area contributed by atoms with Crippen molar-refractivity contribution in [3.8, 4) is 0 Å². The van der Waals surface area contributed by atoms with Crippen molar-refractivity contribution in [2.45, 2.75) is 440 Å². The molecule has 10 unspecified atom stereocenters. The third kappa shape index (κ3) is 35.2. The molecule has 0 aromatic heterocycles. The molecule has 0 N–H and O–H groups in total. The number of nitrogens with zero attached hydrogens (tertiary/aromatic N) is 6. The van der Waals surface area contributed by atoms with Crippen molar-refractivity contribution in [3.63, 3.8) is 0 Å². The minimum absolute atomic E-state index is 0.0769. The van der Waals surface area contributed by atoms with E-state index in [2.05, 4.69) is 298 Å². The maximum absolute atomic E-state index is 13.3. The van der Waals surface area contributed by atoms with E-state index in [1.54, 1.807) is 6.04 Å². The lowest BCUT2D eigenvalue weighted by Crippen LogP contribution is -2.53. The molecule has 8 aliphatic heterocycles. The molecule has 0 spiro atoms. The van der Waals surface area contributed by atoms with Gasteiger partial charge in [-0.25, -0.2) is 0 Å². The zero-order valence-corrected chi connectivity index (χ0v) is 88.5. The van der Waals surface area contributed by atoms with Crippen LogP contribution in [0.25, 0.3) is 0 Å². The lowest BCUT2D eigenvalue weighted by Gasteiger charge is -2.46. The molecule has 0 bridgehead atoms. The maximum atomic E-state index is 13.3. The first-order chi connectivity index (χ1) is 48.8. The summed E-state index contributed by atoms with van der Waals surface area (Å²) >= 11 is 0. The quantitative estimate of drug-likeness (QED) is 0.0759. The molecule has 21 heteroatoms. The van der Waals surface area contributed by atoms with Gasteiger partial charge in [0.05, 0.1) is 44.6 Å². The minimum atomic E-state index is -3.87. The normalized spacial score (nSPS) is 29.7. The molecule has 108 heavy (non-hydrogen) atoms. The molecule has 8 saturated heterocycles. The Balaban J connectivity index is 0.000000617. The van der Waals surface area contributed by atoms with Gasteiger partial charge in [-0.05, 0) is 236 Å². The van der Waals surface area contributed by atoms with Gasteiger partial charge in [0.2, 0.25) is 8.32 Å². The van der Waals surface area contributed by atoms with Crippen LogP contribution in [0.1, 0.15) is 235 Å². The number of hydrogen-bond acceptors (Lipinski definition) is 9. The van der Waals surface area contributed by atoms with Crippen LogP contribution in [0.15, 0.2) is 0 Å². The van der Waals surface area contributed by atoms with Crippen molar-refractivity contribution in [2.75, 3.05) is 44.0 Å². The molecule has 10 atom stereocenters. The maximum Gasteiger partial charge on any atom is 0.439 e. The first-order valence-electron chi connectivity index (χ1n) is 45.1. The van der Waals surface area contributed by atoms with Crippen molar-refractivity contribution >= 4 is 66.7 Å². The van der Waals surface area contributed by atoms with Crippen LogP contribution in [0.4, 0.5) is 16.4 Å². The average Bonchev–Trinajstić information content (AvgIpc) is 1.76. The van der Waals surface area contributed by atoms with Crippen LogP contribution in [-0.4, -0.2) is 219 Å². The smallest absolute Gasteiger partial charge is 0.400 e. The lowest BCUT2D eigenvalue weighted by atomic mass is 9.80. The zero-order chi connectivity index (χ0) is 84.6. The van der Waals surface area contributed by atoms with E-state index >= 15 is 0 Å². The Bertz CT molecular complexity index is 2080. The summed E-state index contributed by atoms with van der Waals surface area (Å²) in [5.74, 6) is 7.49. The second-order valence-corrected chi connectivity index (χ2v) is 77.4. The van der Waals surface area contributed by atoms with E-state index in [-0.39, 0.29) is 48.2 Å². The summed E-state index contributed by atoms with van der Waals surface area (Å²) in [4.78, 5) is 15.5. The fraction of sp³-hybridized carbons (Fsp3) is 1.00. The van der Waals surface area contributed by atoms with Gasteiger partial charge >= 0.3 is 26.0 Å². The van der Waals surface area contributed by atoms with Gasteiger partial charge in [-0.1, -0.05) is 204 Å². The molecule has 0 aliphatic carbocycles. The minimum Gasteiger partial charge on any atom is -0.400 e. The molecule has 0 saturated carbocycles. The Hall–Kier alpha value is 1.10. The highest BCUT2D eigenvalue weighted by Gasteiger charge is 2.53. The van der Waals surface area contributed by atoms with E-state index in [9.17, 15) is 16.4 Å². The molecular formula is C87H192F4N6O3Si8. The van der Waals surface area contributed by atoms with Gasteiger partial charge in [0.25, 0.3) is 0 Å². The number of halogens is 4. The van der Waals surface area contributed by atoms with Crippen LogP contribution in [-0.2, 0) is 13.3 Å². The van der Waals surface area contributed by atoms with E-state index in [0.717, 1.165) is 78.6 Å². The molecule has 8 aliphatic rings. The van der Waals surface area contributed by atoms with Crippen molar-refractivity contribution in [1.29, 1.82) is 0 Å². The average molecular weight is 1670 g/mol. The van der Waals surface area contributed by atoms with E-state index in [1.165, 1.54) is 67.5 Å². The van der Waals surface area contributed by atoms with Gasteiger partial charge in [0, 0.05) is 103 Å². The number of rotatable bonds is 18. The van der Waals surface area contributed by atoms with E-state index in [4.69, 9.17) is 13.3 Å². The standard InChI is InChI=1S/C13H29NSi.C12H27NSi.2C11H25NSi.C11H24O2Si.C10H20F2Si.C10H23NOSi.C9H19F2NSi/c1-7-15(8-2)9-13(11(3)4)14(10-15)12(5)6;1-10(2)12-9-14(5,6)8-7-13(12)11(3)4;2*1-9(2)11-7-13(5,6)8-12(11)10(3)4;1-8(2)10-7-12-14(5,6)13-11(10)9(3)4;1-7(2)9-5-13(11,12)6-10(9)8(3)4;1-8(2)10-11(9(3)4)7-13(5,6)12-10;1-7(2)9-5-13(10,11)6-12(9)8(3)4/h11-13H,7-10H2,1-6H3;10-12H,7-9H2,1-6H3;2*9-11H,7-8H2,1-6H3;8-11H,7H2,1-6H3;7-10H,5-6H2,1-4H3;8-10H,7H2,1-6H3;7-9H,5-6H2,1-4H3. The molecule has 8 heterocycles. The van der Waals surface area contributed by atoms with Crippen molar-refractivity contribution in [2.24, 2.45) is 76.9 Å². The Kier molecular flexibility index (Phi) is 45.1. The zero-order valence-electron chi connectivity index (χ0n) is 80.5. The summed E-state index contributed by atoms with van der Waals surface area (Å²) in [5.41, 5.74) is 0. The van der Waals surface area contributed by atoms with Crippen LogP contribution >= 0.6 is 0 Å². The SMILES string of the molecule is CC(C)C1CO[Si](C)(C)OC1C(C)C.CC(C)C1C[Si](C)(C)CCN1C(C)C.CC(C)C1C[Si](C)(C)CN1C(C)C.CC(C)C1C[Si](C)(C)CN1C(C)C.CC(C)C1C[Si](F)(F)CC1C(C)C.CC(C)C1C[Si](F)(F)CN1C(C)C.CC(C)C1O[Si](C)(C)CN1C(C)C.CC[Si]1(CC)CC(C(C)C)N(C(C)C)C1. The van der Waals surface area contributed by atoms with Gasteiger partial charge in [-0.15, -0.1) is 0 Å². The van der Waals surface area contributed by atoms with Gasteiger partial charge in [-0.2, -0.15) is 0 Å². The molecule has 8 fully saturated rings. The largest absolute Gasteiger partial charge is 0.439 e. The molecule has 648 valence electrons. The van der Waals surface area contributed by atoms with Crippen LogP contribution < -0.4 is 0 Å². The second kappa shape index (κ2) is 45.5. The third-order valence-corrected chi connectivity index (χ3v) is 47.9. The summed E-state index contributed by atoms with van der Waals surface area (Å²) in [6.45, 7) is 103. The van der Waals surface area contributed by atoms with Gasteiger partial charge < -0.3 is 28.0 Å². The molecule has 0 aromatic carbocycles. The molecular weight excluding hydrogens is 1480 g/mol. The Morgan fingerprint density at radius 2 is 0.630 bits per heavy atom. The highest BCUT2D eigenvalue weighted by atomic mass is 28.4. The number of hydrogen-bond donors (Lipinski definition) is 0. The summed E-state index contributed by atoms with van der Waals surface area (Å²) < 4.78 is 71.2. The summed E-state index contributed by atoms with van der Waals surface area (Å²) in [5, 5.41) is 0. The molecule has 0 aromatic rings. The van der Waals surface area contributed by atoms with Crippen molar-refractivity contribution in [3.05, 3.63) is 0 Å². The van der Waals surface area contributed by atoms with E-state index in [1.807, 2.05) is 32.6 Å². The van der Waals surface area contributed by atoms with Crippen LogP contribution in [0, 0.1) is 76.9 Å². The van der Waals surface area contributed by atoms with Gasteiger partial charge in [-0.3, -0.25) is 31.1 Å². The fourth-order valence-electron chi connectivity index (χ4n) is 19.4. The molecule has 0 radical (unpaired) electrons. The Morgan fingerprint density at radius 1 is 0.306 bits per heavy atom. The molecule has 0 amide bonds. The first-order valence-corrected chi connectivity index (χ1v) is 68.4. The molecule has 8 rings (SSSR count). The second-order valence-electron chi connectivity index (χ2n) is 44.6. The Morgan fingerprint density at radius 3 is 0.917 bits per heavy atom. The summed E-state index contributed by atoms with van der Waals surface area (Å²) in [6.07, 6.45) is 6.30. The highest BCUT2D eigenvalue weighted by molar-refractivity contribution is 6.81. The van der Waals surface area contributed by atoms with Crippen molar-refractivity contribution in [1.82, 2.24) is 29.4 Å². The predicted octanol–water partition coefficient (Wildman–Crippen LogP) is 25.2. The first kappa shape index (κ1) is 107. The van der Waals surface area contributed by atoms with E-state index in [0.29, 0.717) is 59.8 Å². The van der Waals surface area contributed by atoms with Crippen LogP contribution in [0.2, 0.25) is 126 Å².